The fourth-order valence-electron chi connectivity index (χ4n) is 0.405. The minimum absolute atomic E-state index is 0.123. The van der Waals surface area contributed by atoms with E-state index in [1.165, 1.54) is 0 Å². The molecule has 0 aromatic carbocycles. The molecule has 0 aromatic heterocycles. The maximum atomic E-state index is 5.46. The van der Waals surface area contributed by atoms with Gasteiger partial charge in [-0.05, 0) is 7.05 Å². The Kier molecular flexibility index (Phi) is 7.82. The maximum Gasteiger partial charge on any atom is 0.107 e. The third-order valence-corrected chi connectivity index (χ3v) is 2.29. The third-order valence-electron chi connectivity index (χ3n) is 0.823. The lowest BCUT2D eigenvalue weighted by molar-refractivity contribution is 0.768. The zero-order valence-electron chi connectivity index (χ0n) is 5.21. The molecule has 0 unspecified atom stereocenters. The highest BCUT2D eigenvalue weighted by molar-refractivity contribution is 6.48. The SMILES string of the molecule is CNCCN[SiH2]CCl. The molecule has 0 aliphatic carbocycles. The van der Waals surface area contributed by atoms with Crippen molar-refractivity contribution < 1.29 is 0 Å². The van der Waals surface area contributed by atoms with Gasteiger partial charge in [-0.15, -0.1) is 11.6 Å². The molecule has 2 N–H and O–H groups in total. The van der Waals surface area contributed by atoms with Crippen molar-refractivity contribution in [1.29, 1.82) is 0 Å². The minimum Gasteiger partial charge on any atom is -0.340 e. The van der Waals surface area contributed by atoms with E-state index in [2.05, 4.69) is 10.3 Å². The van der Waals surface area contributed by atoms with Gasteiger partial charge in [-0.2, -0.15) is 0 Å². The molecule has 0 saturated heterocycles. The summed E-state index contributed by atoms with van der Waals surface area (Å²) in [5.41, 5.74) is 0.837. The summed E-state index contributed by atoms with van der Waals surface area (Å²) in [7, 11) is 1.83. The smallest absolute Gasteiger partial charge is 0.107 e. The highest BCUT2D eigenvalue weighted by Gasteiger charge is 1.81. The number of hydrogen-bond donors (Lipinski definition) is 2. The average Bonchev–Trinajstić information content (AvgIpc) is 1.81. The van der Waals surface area contributed by atoms with Crippen LogP contribution < -0.4 is 10.3 Å². The standard InChI is InChI=1S/C4H13ClN2Si/c1-6-2-3-7-8-4-5/h6-7H,2-4,8H2,1H3. The van der Waals surface area contributed by atoms with Crippen LogP contribution in [0.15, 0.2) is 0 Å². The number of alkyl halides is 1. The second-order valence-electron chi connectivity index (χ2n) is 1.54. The first-order chi connectivity index (χ1) is 3.91. The molecule has 0 rings (SSSR count). The molecule has 50 valence electrons. The molecule has 0 aliphatic rings. The molecule has 2 nitrogen and oxygen atoms in total. The normalized spacial score (nSPS) is 11.2. The summed E-state index contributed by atoms with van der Waals surface area (Å²) in [4.78, 5) is 3.28. The summed E-state index contributed by atoms with van der Waals surface area (Å²) in [5.74, 6) is 0. The Morgan fingerprint density at radius 2 is 2.25 bits per heavy atom. The van der Waals surface area contributed by atoms with Crippen molar-refractivity contribution in [3.8, 4) is 0 Å². The highest BCUT2D eigenvalue weighted by atomic mass is 35.5. The van der Waals surface area contributed by atoms with Gasteiger partial charge in [0, 0.05) is 18.6 Å². The van der Waals surface area contributed by atoms with Crippen LogP contribution >= 0.6 is 11.6 Å². The van der Waals surface area contributed by atoms with Gasteiger partial charge in [0.2, 0.25) is 0 Å². The monoisotopic (exact) mass is 152 g/mol. The van der Waals surface area contributed by atoms with Crippen LogP contribution in [-0.2, 0) is 0 Å². The van der Waals surface area contributed by atoms with Crippen LogP contribution in [0.5, 0.6) is 0 Å². The largest absolute Gasteiger partial charge is 0.340 e. The Morgan fingerprint density at radius 1 is 1.50 bits per heavy atom. The van der Waals surface area contributed by atoms with E-state index < -0.39 is 0 Å². The summed E-state index contributed by atoms with van der Waals surface area (Å²) in [5, 5.41) is 3.04. The van der Waals surface area contributed by atoms with Crippen LogP contribution in [0.4, 0.5) is 0 Å². The Bertz CT molecular complexity index is 39.0. The maximum absolute atomic E-state index is 5.46. The third kappa shape index (κ3) is 6.43. The van der Waals surface area contributed by atoms with E-state index in [-0.39, 0.29) is 9.68 Å². The van der Waals surface area contributed by atoms with Crippen molar-refractivity contribution in [2.24, 2.45) is 0 Å². The predicted molar refractivity (Wildman–Crippen MR) is 41.2 cm³/mol. The first-order valence-electron chi connectivity index (χ1n) is 2.83. The van der Waals surface area contributed by atoms with Gasteiger partial charge in [0.05, 0.1) is 0 Å². The summed E-state index contributed by atoms with van der Waals surface area (Å²) in [6.45, 7) is 2.11. The van der Waals surface area contributed by atoms with E-state index in [1.807, 2.05) is 7.05 Å². The van der Waals surface area contributed by atoms with Crippen LogP contribution in [-0.4, -0.2) is 35.3 Å². The molecule has 0 aromatic rings. The molecule has 0 fully saturated rings. The number of nitrogens with one attached hydrogen (secondary N) is 2. The van der Waals surface area contributed by atoms with E-state index in [9.17, 15) is 0 Å². The van der Waals surface area contributed by atoms with Crippen LogP contribution in [0.1, 0.15) is 0 Å². The van der Waals surface area contributed by atoms with Crippen molar-refractivity contribution in [3.05, 3.63) is 0 Å². The van der Waals surface area contributed by atoms with Gasteiger partial charge in [-0.3, -0.25) is 0 Å². The van der Waals surface area contributed by atoms with Gasteiger partial charge in [0.25, 0.3) is 0 Å². The lowest BCUT2D eigenvalue weighted by Crippen LogP contribution is -2.28. The van der Waals surface area contributed by atoms with Crippen molar-refractivity contribution in [3.63, 3.8) is 0 Å². The van der Waals surface area contributed by atoms with E-state index in [1.54, 1.807) is 0 Å². The van der Waals surface area contributed by atoms with E-state index >= 15 is 0 Å². The van der Waals surface area contributed by atoms with Gasteiger partial charge >= 0.3 is 0 Å². The Hall–Kier alpha value is 0.427. The second kappa shape index (κ2) is 7.43. The zero-order valence-corrected chi connectivity index (χ0v) is 7.38. The van der Waals surface area contributed by atoms with Crippen LogP contribution in [0.25, 0.3) is 0 Å². The fraction of sp³-hybridized carbons (Fsp3) is 1.00. The topological polar surface area (TPSA) is 24.1 Å². The molecular weight excluding hydrogens is 140 g/mol. The van der Waals surface area contributed by atoms with Crippen molar-refractivity contribution in [2.45, 2.75) is 0 Å². The van der Waals surface area contributed by atoms with Gasteiger partial charge < -0.3 is 10.3 Å². The minimum atomic E-state index is -0.123. The Balaban J connectivity index is 2.53. The quantitative estimate of drug-likeness (QED) is 0.303. The molecule has 4 heteroatoms. The number of rotatable bonds is 5. The molecule has 0 saturated carbocycles. The summed E-state index contributed by atoms with van der Waals surface area (Å²) in [6.07, 6.45) is 0. The second-order valence-corrected chi connectivity index (χ2v) is 4.05. The number of likely N-dealkylation sites (N-methyl/N-ethyl adjacent to an activating group) is 1. The van der Waals surface area contributed by atoms with Gasteiger partial charge in [-0.25, -0.2) is 0 Å². The van der Waals surface area contributed by atoms with Crippen molar-refractivity contribution >= 4 is 21.3 Å². The van der Waals surface area contributed by atoms with Crippen molar-refractivity contribution in [1.82, 2.24) is 10.3 Å². The van der Waals surface area contributed by atoms with E-state index in [4.69, 9.17) is 11.6 Å². The molecule has 0 bridgehead atoms. The van der Waals surface area contributed by atoms with Crippen LogP contribution in [0, 0.1) is 0 Å². The van der Waals surface area contributed by atoms with Gasteiger partial charge in [0.15, 0.2) is 0 Å². The van der Waals surface area contributed by atoms with E-state index in [0.717, 1.165) is 18.6 Å². The first-order valence-corrected chi connectivity index (χ1v) is 5.07. The Morgan fingerprint density at radius 3 is 2.75 bits per heavy atom. The highest BCUT2D eigenvalue weighted by Crippen LogP contribution is 1.63. The summed E-state index contributed by atoms with van der Waals surface area (Å²) >= 11 is 5.46. The number of hydrogen-bond acceptors (Lipinski definition) is 2. The predicted octanol–water partition coefficient (Wildman–Crippen LogP) is -0.925. The average molecular weight is 153 g/mol. The molecule has 0 amide bonds. The Labute approximate surface area is 57.9 Å². The molecule has 0 radical (unpaired) electrons. The first kappa shape index (κ1) is 8.43. The fourth-order valence-corrected chi connectivity index (χ4v) is 1.37. The summed E-state index contributed by atoms with van der Waals surface area (Å²) in [6, 6.07) is 0. The molecule has 0 aliphatic heterocycles. The van der Waals surface area contributed by atoms with E-state index in [0.29, 0.717) is 0 Å². The molecule has 0 heterocycles. The van der Waals surface area contributed by atoms with Crippen LogP contribution in [0.2, 0.25) is 0 Å². The molecule has 0 spiro atoms. The van der Waals surface area contributed by atoms with Gasteiger partial charge in [-0.1, -0.05) is 0 Å². The van der Waals surface area contributed by atoms with Crippen molar-refractivity contribution in [2.75, 3.05) is 25.6 Å². The lowest BCUT2D eigenvalue weighted by Gasteiger charge is -1.98. The molecule has 8 heavy (non-hydrogen) atoms. The molecular formula is C4H13ClN2Si. The lowest BCUT2D eigenvalue weighted by atomic mass is 10.7. The number of halogens is 1. The van der Waals surface area contributed by atoms with Crippen LogP contribution in [0.3, 0.4) is 0 Å². The summed E-state index contributed by atoms with van der Waals surface area (Å²) < 4.78 is 0. The molecule has 0 atom stereocenters. The van der Waals surface area contributed by atoms with Gasteiger partial charge in [0.1, 0.15) is 9.68 Å². The zero-order chi connectivity index (χ0) is 6.24.